The number of nitrogens with one attached hydrogen (secondary N) is 1. The summed E-state index contributed by atoms with van der Waals surface area (Å²) in [6.45, 7) is 2.18. The van der Waals surface area contributed by atoms with Crippen LogP contribution < -0.4 is 15.8 Å². The van der Waals surface area contributed by atoms with Crippen molar-refractivity contribution >= 4 is 27.5 Å². The summed E-state index contributed by atoms with van der Waals surface area (Å²) in [5.74, 6) is 0.857. The van der Waals surface area contributed by atoms with E-state index >= 15 is 0 Å². The summed E-state index contributed by atoms with van der Waals surface area (Å²) in [6.07, 6.45) is 2.27. The van der Waals surface area contributed by atoms with Gasteiger partial charge in [-0.1, -0.05) is 30.3 Å². The van der Waals surface area contributed by atoms with Crippen molar-refractivity contribution in [3.05, 3.63) is 71.4 Å². The molecule has 0 saturated heterocycles. The predicted molar refractivity (Wildman–Crippen MR) is 123 cm³/mol. The van der Waals surface area contributed by atoms with Crippen LogP contribution in [0.5, 0.6) is 0 Å². The van der Waals surface area contributed by atoms with Crippen LogP contribution in [0.4, 0.5) is 11.5 Å². The van der Waals surface area contributed by atoms with Gasteiger partial charge in [0, 0.05) is 12.6 Å². The number of fused-ring (bicyclic) bond motifs is 2. The molecule has 0 saturated carbocycles. The van der Waals surface area contributed by atoms with Gasteiger partial charge in [0.2, 0.25) is 0 Å². The van der Waals surface area contributed by atoms with Crippen molar-refractivity contribution in [3.8, 4) is 0 Å². The molecule has 9 nitrogen and oxygen atoms in total. The zero-order valence-electron chi connectivity index (χ0n) is 17.6. The lowest BCUT2D eigenvalue weighted by molar-refractivity contribution is 0.226. The molecule has 3 heterocycles. The maximum Gasteiger partial charge on any atom is 0.264 e. The van der Waals surface area contributed by atoms with Crippen molar-refractivity contribution in [1.29, 1.82) is 0 Å². The zero-order chi connectivity index (χ0) is 22.5. The largest absolute Gasteiger partial charge is 0.369 e. The first-order valence-electron chi connectivity index (χ1n) is 10.4. The molecule has 0 spiro atoms. The molecule has 0 radical (unpaired) electrons. The van der Waals surface area contributed by atoms with Crippen LogP contribution in [0.15, 0.2) is 64.6 Å². The minimum atomic E-state index is -3.74. The highest BCUT2D eigenvalue weighted by molar-refractivity contribution is 7.92. The fourth-order valence-corrected chi connectivity index (χ4v) is 6.16. The van der Waals surface area contributed by atoms with Crippen LogP contribution in [-0.2, 0) is 16.4 Å². The van der Waals surface area contributed by atoms with Gasteiger partial charge >= 0.3 is 0 Å². The van der Waals surface area contributed by atoms with Gasteiger partial charge in [0.25, 0.3) is 10.0 Å². The van der Waals surface area contributed by atoms with Gasteiger partial charge in [0.05, 0.1) is 22.3 Å². The molecule has 2 aliphatic heterocycles. The molecule has 0 bridgehead atoms. The van der Waals surface area contributed by atoms with Crippen LogP contribution in [0, 0.1) is 6.92 Å². The Morgan fingerprint density at radius 3 is 2.78 bits per heavy atom. The van der Waals surface area contributed by atoms with Crippen molar-refractivity contribution in [2.24, 2.45) is 16.5 Å². The van der Waals surface area contributed by atoms with Gasteiger partial charge in [-0.2, -0.15) is 10.1 Å². The zero-order valence-corrected chi connectivity index (χ0v) is 18.5. The molecule has 2 atom stereocenters. The Morgan fingerprint density at radius 2 is 1.97 bits per heavy atom. The third-order valence-corrected chi connectivity index (χ3v) is 7.92. The highest BCUT2D eigenvalue weighted by atomic mass is 32.2. The molecule has 5 N–H and O–H groups in total. The fourth-order valence-electron chi connectivity index (χ4n) is 4.53. The smallest absolute Gasteiger partial charge is 0.264 e. The van der Waals surface area contributed by atoms with Crippen LogP contribution in [0.25, 0.3) is 0 Å². The molecule has 3 aromatic rings. The molecule has 2 aromatic carbocycles. The summed E-state index contributed by atoms with van der Waals surface area (Å²) in [4.78, 5) is 6.57. The third kappa shape index (κ3) is 3.32. The Morgan fingerprint density at radius 1 is 1.16 bits per heavy atom. The van der Waals surface area contributed by atoms with Crippen molar-refractivity contribution in [2.45, 2.75) is 36.9 Å². The molecule has 32 heavy (non-hydrogen) atoms. The molecule has 166 valence electrons. The molecule has 2 aliphatic rings. The lowest BCUT2D eigenvalue weighted by atomic mass is 10.0. The Labute approximate surface area is 186 Å². The number of benzene rings is 2. The second kappa shape index (κ2) is 7.64. The number of guanidine groups is 1. The third-order valence-electron chi connectivity index (χ3n) is 6.11. The van der Waals surface area contributed by atoms with E-state index in [2.05, 4.69) is 15.2 Å². The SMILES string of the molecule is Cc1cccc(S(=O)(=O)N2CCC(N3C(N)=Nc4[nH]ncc4C3N)Cc3ccccc32)c1. The van der Waals surface area contributed by atoms with Gasteiger partial charge in [0.1, 0.15) is 6.17 Å². The quantitative estimate of drug-likeness (QED) is 0.559. The normalized spacial score (nSPS) is 20.9. The number of rotatable bonds is 3. The summed E-state index contributed by atoms with van der Waals surface area (Å²) in [6, 6.07) is 14.4. The highest BCUT2D eigenvalue weighted by Gasteiger charge is 2.37. The highest BCUT2D eigenvalue weighted by Crippen LogP contribution is 2.36. The van der Waals surface area contributed by atoms with E-state index in [0.29, 0.717) is 36.9 Å². The Hall–Kier alpha value is -3.37. The lowest BCUT2D eigenvalue weighted by Crippen LogP contribution is -2.52. The van der Waals surface area contributed by atoms with E-state index in [1.807, 2.05) is 42.2 Å². The monoisotopic (exact) mass is 451 g/mol. The summed E-state index contributed by atoms with van der Waals surface area (Å²) in [7, 11) is -3.74. The second-order valence-electron chi connectivity index (χ2n) is 8.17. The van der Waals surface area contributed by atoms with Crippen molar-refractivity contribution in [1.82, 2.24) is 15.1 Å². The van der Waals surface area contributed by atoms with E-state index in [1.54, 1.807) is 24.4 Å². The van der Waals surface area contributed by atoms with Crippen LogP contribution in [0.3, 0.4) is 0 Å². The first-order chi connectivity index (χ1) is 15.4. The van der Waals surface area contributed by atoms with Gasteiger partial charge in [0.15, 0.2) is 11.8 Å². The van der Waals surface area contributed by atoms with E-state index in [4.69, 9.17) is 11.5 Å². The molecule has 1 aromatic heterocycles. The Kier molecular flexibility index (Phi) is 4.90. The van der Waals surface area contributed by atoms with E-state index in [9.17, 15) is 8.42 Å². The summed E-state index contributed by atoms with van der Waals surface area (Å²) in [5, 5.41) is 6.83. The fraction of sp³-hybridized carbons (Fsp3) is 0.273. The number of sulfonamides is 1. The van der Waals surface area contributed by atoms with E-state index in [-0.39, 0.29) is 10.9 Å². The Balaban J connectivity index is 1.53. The van der Waals surface area contributed by atoms with Crippen LogP contribution in [0.1, 0.15) is 29.3 Å². The Bertz CT molecular complexity index is 1300. The van der Waals surface area contributed by atoms with Gasteiger partial charge in [-0.25, -0.2) is 8.42 Å². The molecular weight excluding hydrogens is 426 g/mol. The predicted octanol–water partition coefficient (Wildman–Crippen LogP) is 2.15. The summed E-state index contributed by atoms with van der Waals surface area (Å²) < 4.78 is 28.7. The number of nitrogens with two attached hydrogens (primary N) is 2. The van der Waals surface area contributed by atoms with Crippen molar-refractivity contribution < 1.29 is 8.42 Å². The number of H-pyrrole nitrogens is 1. The average molecular weight is 452 g/mol. The number of hydrogen-bond donors (Lipinski definition) is 3. The number of hydrogen-bond acceptors (Lipinski definition) is 7. The topological polar surface area (TPSA) is 134 Å². The number of nitrogens with zero attached hydrogens (tertiary/aromatic N) is 4. The molecule has 2 unspecified atom stereocenters. The minimum Gasteiger partial charge on any atom is -0.369 e. The van der Waals surface area contributed by atoms with E-state index in [0.717, 1.165) is 16.7 Å². The minimum absolute atomic E-state index is 0.129. The molecule has 10 heteroatoms. The van der Waals surface area contributed by atoms with Crippen molar-refractivity contribution in [2.75, 3.05) is 10.8 Å². The maximum atomic E-state index is 13.6. The molecule has 0 aliphatic carbocycles. The van der Waals surface area contributed by atoms with Crippen LogP contribution >= 0.6 is 0 Å². The first kappa shape index (κ1) is 20.5. The number of aryl methyl sites for hydroxylation is 1. The second-order valence-corrected chi connectivity index (χ2v) is 10.0. The molecular formula is C22H25N7O2S. The van der Waals surface area contributed by atoms with Crippen LogP contribution in [0.2, 0.25) is 0 Å². The first-order valence-corrected chi connectivity index (χ1v) is 11.9. The molecule has 0 amide bonds. The number of anilines is 1. The van der Waals surface area contributed by atoms with E-state index in [1.165, 1.54) is 4.31 Å². The average Bonchev–Trinajstić information content (AvgIpc) is 3.14. The number of para-hydroxylation sites is 1. The number of aromatic nitrogens is 2. The van der Waals surface area contributed by atoms with Crippen molar-refractivity contribution in [3.63, 3.8) is 0 Å². The summed E-state index contributed by atoms with van der Waals surface area (Å²) >= 11 is 0. The van der Waals surface area contributed by atoms with Gasteiger partial charge in [-0.15, -0.1) is 0 Å². The van der Waals surface area contributed by atoms with Gasteiger partial charge < -0.3 is 16.4 Å². The van der Waals surface area contributed by atoms with Gasteiger partial charge in [-0.3, -0.25) is 9.40 Å². The summed E-state index contributed by atoms with van der Waals surface area (Å²) in [5.41, 5.74) is 16.1. The number of aliphatic imine (C=N–C) groups is 1. The standard InChI is InChI=1S/C22H25N7O2S/c1-14-5-4-7-17(11-14)32(30,31)28-10-9-16(12-15-6-2-3-8-19(15)28)29-20(23)18-13-25-27-21(18)26-22(29)24/h2-8,11,13,16,20H,9-10,12,23H2,1H3,(H3,24,25,26,27). The maximum absolute atomic E-state index is 13.6. The number of aromatic amines is 1. The van der Waals surface area contributed by atoms with E-state index < -0.39 is 16.2 Å². The molecule has 0 fully saturated rings. The van der Waals surface area contributed by atoms with Crippen LogP contribution in [-0.4, -0.2) is 42.1 Å². The van der Waals surface area contributed by atoms with Gasteiger partial charge in [-0.05, 0) is 49.1 Å². The lowest BCUT2D eigenvalue weighted by Gasteiger charge is -2.38. The molecule has 5 rings (SSSR count).